The van der Waals surface area contributed by atoms with Crippen molar-refractivity contribution in [2.24, 2.45) is 17.8 Å². The summed E-state index contributed by atoms with van der Waals surface area (Å²) in [6, 6.07) is 0. The van der Waals surface area contributed by atoms with Crippen molar-refractivity contribution in [3.8, 4) is 0 Å². The van der Waals surface area contributed by atoms with Crippen molar-refractivity contribution in [2.75, 3.05) is 19.6 Å². The van der Waals surface area contributed by atoms with Crippen LogP contribution in [0.2, 0.25) is 0 Å². The van der Waals surface area contributed by atoms with Crippen molar-refractivity contribution < 1.29 is 4.79 Å². The molecule has 1 rings (SSSR count). The van der Waals surface area contributed by atoms with E-state index in [1.165, 1.54) is 25.7 Å². The lowest BCUT2D eigenvalue weighted by Crippen LogP contribution is -2.49. The molecule has 4 heteroatoms. The van der Waals surface area contributed by atoms with Crippen molar-refractivity contribution in [3.05, 3.63) is 0 Å². The summed E-state index contributed by atoms with van der Waals surface area (Å²) in [4.78, 5) is 11.8. The third-order valence-corrected chi connectivity index (χ3v) is 3.94. The van der Waals surface area contributed by atoms with E-state index in [-0.39, 0.29) is 24.2 Å². The minimum Gasteiger partial charge on any atom is -0.356 e. The van der Waals surface area contributed by atoms with Crippen molar-refractivity contribution in [3.63, 3.8) is 0 Å². The average molecular weight is 291 g/mol. The van der Waals surface area contributed by atoms with E-state index in [1.807, 2.05) is 6.92 Å². The fraction of sp³-hybridized carbons (Fsp3) is 0.933. The molecule has 1 aliphatic heterocycles. The quantitative estimate of drug-likeness (QED) is 0.641. The fourth-order valence-electron chi connectivity index (χ4n) is 2.28. The number of unbranched alkanes of at least 4 members (excludes halogenated alkanes) is 3. The summed E-state index contributed by atoms with van der Waals surface area (Å²) in [7, 11) is 0. The molecule has 1 saturated heterocycles. The van der Waals surface area contributed by atoms with Crippen LogP contribution in [0.25, 0.3) is 0 Å². The average Bonchev–Trinajstić information content (AvgIpc) is 2.24. The number of hydrogen-bond donors (Lipinski definition) is 2. The maximum atomic E-state index is 11.8. The molecule has 1 heterocycles. The molecule has 3 nitrogen and oxygen atoms in total. The van der Waals surface area contributed by atoms with Crippen molar-refractivity contribution in [1.29, 1.82) is 0 Å². The Bertz CT molecular complexity index is 242. The smallest absolute Gasteiger partial charge is 0.223 e. The molecule has 1 amide bonds. The van der Waals surface area contributed by atoms with Gasteiger partial charge >= 0.3 is 0 Å². The standard InChI is InChI=1S/C15H30N2O.ClH/c1-12(2)8-6-4-5-7-9-17-15(18)13(3)14-10-16-11-14;/h12-14,16H,4-11H2,1-3H3,(H,17,18);1H. The van der Waals surface area contributed by atoms with Crippen LogP contribution in [0.3, 0.4) is 0 Å². The zero-order chi connectivity index (χ0) is 13.4. The van der Waals surface area contributed by atoms with Gasteiger partial charge in [-0.2, -0.15) is 0 Å². The van der Waals surface area contributed by atoms with E-state index in [9.17, 15) is 4.79 Å². The second-order valence-corrected chi connectivity index (χ2v) is 6.09. The molecule has 0 spiro atoms. The second-order valence-electron chi connectivity index (χ2n) is 6.09. The summed E-state index contributed by atoms with van der Waals surface area (Å²) in [5.74, 6) is 1.79. The number of carbonyl (C=O) groups is 1. The molecule has 0 aromatic rings. The molecule has 114 valence electrons. The molecule has 1 fully saturated rings. The number of halogens is 1. The zero-order valence-electron chi connectivity index (χ0n) is 12.7. The normalized spacial score (nSPS) is 16.6. The van der Waals surface area contributed by atoms with Crippen LogP contribution in [0, 0.1) is 17.8 Å². The highest BCUT2D eigenvalue weighted by Gasteiger charge is 2.28. The van der Waals surface area contributed by atoms with Gasteiger partial charge in [-0.25, -0.2) is 0 Å². The summed E-state index contributed by atoms with van der Waals surface area (Å²) >= 11 is 0. The first-order chi connectivity index (χ1) is 8.61. The predicted molar refractivity (Wildman–Crippen MR) is 83.7 cm³/mol. The highest BCUT2D eigenvalue weighted by atomic mass is 35.5. The summed E-state index contributed by atoms with van der Waals surface area (Å²) in [6.45, 7) is 9.45. The van der Waals surface area contributed by atoms with Crippen molar-refractivity contribution in [2.45, 2.75) is 52.9 Å². The Hall–Kier alpha value is -0.280. The first-order valence-electron chi connectivity index (χ1n) is 7.59. The lowest BCUT2D eigenvalue weighted by Gasteiger charge is -2.31. The molecule has 0 aromatic heterocycles. The van der Waals surface area contributed by atoms with E-state index >= 15 is 0 Å². The predicted octanol–water partition coefficient (Wildman–Crippen LogP) is 2.99. The molecular weight excluding hydrogens is 260 g/mol. The number of nitrogens with one attached hydrogen (secondary N) is 2. The number of hydrogen-bond acceptors (Lipinski definition) is 2. The second kappa shape index (κ2) is 10.5. The van der Waals surface area contributed by atoms with Gasteiger partial charge in [-0.05, 0) is 31.3 Å². The molecule has 2 N–H and O–H groups in total. The van der Waals surface area contributed by atoms with Gasteiger partial charge in [0.05, 0.1) is 0 Å². The zero-order valence-corrected chi connectivity index (χ0v) is 13.5. The number of carbonyl (C=O) groups excluding carboxylic acids is 1. The van der Waals surface area contributed by atoms with Gasteiger partial charge in [0.25, 0.3) is 0 Å². The first kappa shape index (κ1) is 18.7. The van der Waals surface area contributed by atoms with Crippen LogP contribution in [0.4, 0.5) is 0 Å². The lowest BCUT2D eigenvalue weighted by molar-refractivity contribution is -0.126. The molecule has 0 bridgehead atoms. The Labute approximate surface area is 124 Å². The van der Waals surface area contributed by atoms with Crippen molar-refractivity contribution in [1.82, 2.24) is 10.6 Å². The number of amides is 1. The highest BCUT2D eigenvalue weighted by Crippen LogP contribution is 2.15. The Balaban J connectivity index is 0.00000324. The van der Waals surface area contributed by atoms with E-state index in [4.69, 9.17) is 0 Å². The van der Waals surface area contributed by atoms with E-state index in [1.54, 1.807) is 0 Å². The van der Waals surface area contributed by atoms with Crippen LogP contribution < -0.4 is 10.6 Å². The van der Waals surface area contributed by atoms with Gasteiger partial charge in [0.2, 0.25) is 5.91 Å². The molecule has 0 saturated carbocycles. The first-order valence-corrected chi connectivity index (χ1v) is 7.59. The van der Waals surface area contributed by atoms with Gasteiger partial charge in [-0.1, -0.05) is 46.5 Å². The van der Waals surface area contributed by atoms with Crippen LogP contribution in [0.1, 0.15) is 52.9 Å². The molecule has 19 heavy (non-hydrogen) atoms. The van der Waals surface area contributed by atoms with Gasteiger partial charge in [-0.3, -0.25) is 4.79 Å². The van der Waals surface area contributed by atoms with E-state index in [0.717, 1.165) is 32.0 Å². The summed E-state index contributed by atoms with van der Waals surface area (Å²) in [6.07, 6.45) is 6.33. The summed E-state index contributed by atoms with van der Waals surface area (Å²) in [5.41, 5.74) is 0. The Kier molecular flexibility index (Phi) is 10.3. The minimum atomic E-state index is 0. The molecule has 0 radical (unpaired) electrons. The fourth-order valence-corrected chi connectivity index (χ4v) is 2.28. The monoisotopic (exact) mass is 290 g/mol. The molecule has 0 aromatic carbocycles. The van der Waals surface area contributed by atoms with Crippen LogP contribution in [0.15, 0.2) is 0 Å². The Morgan fingerprint density at radius 1 is 1.16 bits per heavy atom. The van der Waals surface area contributed by atoms with Gasteiger partial charge in [-0.15, -0.1) is 12.4 Å². The minimum absolute atomic E-state index is 0. The summed E-state index contributed by atoms with van der Waals surface area (Å²) in [5, 5.41) is 6.28. The molecular formula is C15H31ClN2O. The molecule has 1 atom stereocenters. The molecule has 0 aliphatic carbocycles. The van der Waals surface area contributed by atoms with Gasteiger partial charge < -0.3 is 10.6 Å². The third-order valence-electron chi connectivity index (χ3n) is 3.94. The van der Waals surface area contributed by atoms with E-state index in [2.05, 4.69) is 24.5 Å². The topological polar surface area (TPSA) is 41.1 Å². The lowest BCUT2D eigenvalue weighted by atomic mass is 9.88. The van der Waals surface area contributed by atoms with Crippen LogP contribution in [-0.2, 0) is 4.79 Å². The van der Waals surface area contributed by atoms with Crippen LogP contribution in [0.5, 0.6) is 0 Å². The third kappa shape index (κ3) is 7.78. The van der Waals surface area contributed by atoms with Crippen LogP contribution >= 0.6 is 12.4 Å². The van der Waals surface area contributed by atoms with Gasteiger partial charge in [0.15, 0.2) is 0 Å². The summed E-state index contributed by atoms with van der Waals surface area (Å²) < 4.78 is 0. The highest BCUT2D eigenvalue weighted by molar-refractivity contribution is 5.85. The maximum absolute atomic E-state index is 11.8. The van der Waals surface area contributed by atoms with Crippen LogP contribution in [-0.4, -0.2) is 25.5 Å². The Morgan fingerprint density at radius 2 is 1.79 bits per heavy atom. The van der Waals surface area contributed by atoms with Gasteiger partial charge in [0, 0.05) is 12.5 Å². The molecule has 1 unspecified atom stereocenters. The molecule has 1 aliphatic rings. The maximum Gasteiger partial charge on any atom is 0.223 e. The Morgan fingerprint density at radius 3 is 2.32 bits per heavy atom. The van der Waals surface area contributed by atoms with Gasteiger partial charge in [0.1, 0.15) is 0 Å². The van der Waals surface area contributed by atoms with Crippen molar-refractivity contribution >= 4 is 18.3 Å². The van der Waals surface area contributed by atoms with E-state index < -0.39 is 0 Å². The SMILES string of the molecule is CC(C)CCCCCCNC(=O)C(C)C1CNC1.Cl. The largest absolute Gasteiger partial charge is 0.356 e. The number of rotatable bonds is 9. The van der Waals surface area contributed by atoms with E-state index in [0.29, 0.717) is 5.92 Å².